The smallest absolute Gasteiger partial charge is 0.265 e. The zero-order valence-electron chi connectivity index (χ0n) is 12.8. The highest BCUT2D eigenvalue weighted by molar-refractivity contribution is 6.12. The number of aromatic amines is 1. The Morgan fingerprint density at radius 3 is 3.04 bits per heavy atom. The van der Waals surface area contributed by atoms with E-state index in [1.165, 1.54) is 0 Å². The Bertz CT molecular complexity index is 963. The summed E-state index contributed by atoms with van der Waals surface area (Å²) in [6.07, 6.45) is 1.13. The number of hydrogen-bond donors (Lipinski definition) is 3. The maximum atomic E-state index is 12.5. The number of carbonyl (C=O) groups is 2. The molecule has 2 amide bonds. The van der Waals surface area contributed by atoms with Crippen LogP contribution in [0.1, 0.15) is 17.3 Å². The molecule has 1 aromatic heterocycles. The number of H-pyrrole nitrogens is 1. The van der Waals surface area contributed by atoms with Crippen LogP contribution in [0.3, 0.4) is 0 Å². The molecule has 7 nitrogen and oxygen atoms in total. The number of nitrogens with one attached hydrogen (secondary N) is 3. The zero-order valence-corrected chi connectivity index (χ0v) is 12.8. The molecule has 0 aliphatic carbocycles. The van der Waals surface area contributed by atoms with E-state index < -0.39 is 6.10 Å². The lowest BCUT2D eigenvalue weighted by Gasteiger charge is -2.23. The topological polar surface area (TPSA) is 96.1 Å². The highest BCUT2D eigenvalue weighted by Crippen LogP contribution is 2.32. The monoisotopic (exact) mass is 322 g/mol. The van der Waals surface area contributed by atoms with Gasteiger partial charge in [-0.1, -0.05) is 12.1 Å². The molecule has 4 rings (SSSR count). The van der Waals surface area contributed by atoms with Gasteiger partial charge in [0.05, 0.1) is 23.0 Å². The van der Waals surface area contributed by atoms with Gasteiger partial charge >= 0.3 is 0 Å². The fraction of sp³-hybridized carbons (Fsp3) is 0.118. The number of anilines is 2. The third kappa shape index (κ3) is 2.36. The third-order valence-corrected chi connectivity index (χ3v) is 3.89. The molecule has 1 aliphatic heterocycles. The van der Waals surface area contributed by atoms with E-state index in [0.717, 1.165) is 5.39 Å². The summed E-state index contributed by atoms with van der Waals surface area (Å²) in [5, 5.41) is 13.2. The number of amides is 2. The van der Waals surface area contributed by atoms with E-state index in [0.29, 0.717) is 28.2 Å². The molecule has 3 N–H and O–H groups in total. The van der Waals surface area contributed by atoms with E-state index in [1.807, 2.05) is 6.07 Å². The molecule has 2 heterocycles. The van der Waals surface area contributed by atoms with Crippen molar-refractivity contribution >= 4 is 34.1 Å². The molecule has 0 bridgehead atoms. The molecule has 2 aromatic carbocycles. The molecule has 0 saturated carbocycles. The Morgan fingerprint density at radius 2 is 2.17 bits per heavy atom. The van der Waals surface area contributed by atoms with Gasteiger partial charge in [0.25, 0.3) is 11.8 Å². The minimum Gasteiger partial charge on any atom is -0.479 e. The van der Waals surface area contributed by atoms with Crippen molar-refractivity contribution in [2.75, 3.05) is 10.6 Å². The van der Waals surface area contributed by atoms with Crippen molar-refractivity contribution in [1.82, 2.24) is 10.2 Å². The Balaban J connectivity index is 1.62. The van der Waals surface area contributed by atoms with Crippen LogP contribution in [0.4, 0.5) is 11.4 Å². The van der Waals surface area contributed by atoms with Gasteiger partial charge in [-0.2, -0.15) is 5.10 Å². The summed E-state index contributed by atoms with van der Waals surface area (Å²) in [6, 6.07) is 10.5. The largest absolute Gasteiger partial charge is 0.479 e. The summed E-state index contributed by atoms with van der Waals surface area (Å²) in [5.41, 5.74) is 2.28. The average molecular weight is 322 g/mol. The molecule has 7 heteroatoms. The van der Waals surface area contributed by atoms with Gasteiger partial charge in [0.15, 0.2) is 6.10 Å². The summed E-state index contributed by atoms with van der Waals surface area (Å²) in [7, 11) is 0. The van der Waals surface area contributed by atoms with Gasteiger partial charge < -0.3 is 15.4 Å². The number of rotatable bonds is 2. The number of fused-ring (bicyclic) bond motifs is 2. The van der Waals surface area contributed by atoms with Crippen LogP contribution >= 0.6 is 0 Å². The van der Waals surface area contributed by atoms with Gasteiger partial charge in [0.2, 0.25) is 0 Å². The Hall–Kier alpha value is -3.35. The van der Waals surface area contributed by atoms with Crippen LogP contribution in [-0.2, 0) is 4.79 Å². The van der Waals surface area contributed by atoms with Crippen molar-refractivity contribution in [3.05, 3.63) is 48.2 Å². The number of para-hydroxylation sites is 1. The number of carbonyl (C=O) groups excluding carboxylic acids is 2. The van der Waals surface area contributed by atoms with Crippen molar-refractivity contribution in [3.8, 4) is 5.75 Å². The quantitative estimate of drug-likeness (QED) is 0.675. The molecule has 0 saturated heterocycles. The number of nitrogens with zero attached hydrogens (tertiary/aromatic N) is 1. The average Bonchev–Trinajstić information content (AvgIpc) is 3.04. The maximum absolute atomic E-state index is 12.5. The zero-order chi connectivity index (χ0) is 16.7. The number of aromatic nitrogens is 2. The van der Waals surface area contributed by atoms with E-state index >= 15 is 0 Å². The predicted octanol–water partition coefficient (Wildman–Crippen LogP) is 2.53. The summed E-state index contributed by atoms with van der Waals surface area (Å²) in [5.74, 6) is 0.102. The van der Waals surface area contributed by atoms with Crippen molar-refractivity contribution in [2.45, 2.75) is 13.0 Å². The highest BCUT2D eigenvalue weighted by atomic mass is 16.5. The van der Waals surface area contributed by atoms with E-state index in [2.05, 4.69) is 20.8 Å². The fourth-order valence-electron chi connectivity index (χ4n) is 2.64. The van der Waals surface area contributed by atoms with E-state index in [4.69, 9.17) is 4.74 Å². The molecule has 120 valence electrons. The lowest BCUT2D eigenvalue weighted by molar-refractivity contribution is -0.122. The molecule has 1 atom stereocenters. The van der Waals surface area contributed by atoms with Crippen LogP contribution in [0.5, 0.6) is 5.75 Å². The minimum atomic E-state index is -0.532. The molecule has 0 spiro atoms. The molecular weight excluding hydrogens is 308 g/mol. The molecule has 0 radical (unpaired) electrons. The first-order valence-electron chi connectivity index (χ1n) is 7.47. The van der Waals surface area contributed by atoms with Gasteiger partial charge in [-0.25, -0.2) is 0 Å². The van der Waals surface area contributed by atoms with Gasteiger partial charge in [-0.15, -0.1) is 0 Å². The summed E-state index contributed by atoms with van der Waals surface area (Å²) in [4.78, 5) is 24.2. The van der Waals surface area contributed by atoms with Crippen LogP contribution in [-0.4, -0.2) is 28.1 Å². The minimum absolute atomic E-state index is 0.215. The van der Waals surface area contributed by atoms with Crippen LogP contribution in [0.25, 0.3) is 10.9 Å². The van der Waals surface area contributed by atoms with Gasteiger partial charge in [0.1, 0.15) is 5.75 Å². The third-order valence-electron chi connectivity index (χ3n) is 3.89. The Kier molecular flexibility index (Phi) is 3.19. The predicted molar refractivity (Wildman–Crippen MR) is 89.2 cm³/mol. The number of benzene rings is 2. The van der Waals surface area contributed by atoms with Gasteiger partial charge in [0, 0.05) is 11.1 Å². The van der Waals surface area contributed by atoms with Crippen molar-refractivity contribution < 1.29 is 14.3 Å². The lowest BCUT2D eigenvalue weighted by Crippen LogP contribution is -2.34. The van der Waals surface area contributed by atoms with Crippen LogP contribution < -0.4 is 15.4 Å². The molecule has 0 fully saturated rings. The van der Waals surface area contributed by atoms with Crippen LogP contribution in [0.2, 0.25) is 0 Å². The van der Waals surface area contributed by atoms with Crippen molar-refractivity contribution in [2.24, 2.45) is 0 Å². The van der Waals surface area contributed by atoms with E-state index in [9.17, 15) is 9.59 Å². The molecule has 24 heavy (non-hydrogen) atoms. The number of hydrogen-bond acceptors (Lipinski definition) is 4. The summed E-state index contributed by atoms with van der Waals surface area (Å²) < 4.78 is 5.50. The van der Waals surface area contributed by atoms with E-state index in [1.54, 1.807) is 43.5 Å². The lowest BCUT2D eigenvalue weighted by atomic mass is 10.1. The molecule has 1 aliphatic rings. The van der Waals surface area contributed by atoms with E-state index in [-0.39, 0.29) is 11.8 Å². The first-order chi connectivity index (χ1) is 11.6. The molecular formula is C17H14N4O3. The Labute approximate surface area is 137 Å². The Morgan fingerprint density at radius 1 is 1.29 bits per heavy atom. The molecule has 1 unspecified atom stereocenters. The number of ether oxygens (including phenoxy) is 1. The van der Waals surface area contributed by atoms with Gasteiger partial charge in [-0.05, 0) is 31.2 Å². The summed E-state index contributed by atoms with van der Waals surface area (Å²) in [6.45, 7) is 1.68. The van der Waals surface area contributed by atoms with Crippen LogP contribution in [0, 0.1) is 0 Å². The normalized spacial score (nSPS) is 16.2. The SMILES string of the molecule is CC1Oc2ccc(NC(=O)c3cccc4cn[nH]c34)cc2NC1=O. The fourth-order valence-corrected chi connectivity index (χ4v) is 2.64. The molecule has 3 aromatic rings. The highest BCUT2D eigenvalue weighted by Gasteiger charge is 2.23. The standard InChI is InChI=1S/C17H14N4O3/c1-9-16(22)20-13-7-11(5-6-14(13)24-9)19-17(23)12-4-2-3-10-8-18-21-15(10)12/h2-9H,1H3,(H,18,21)(H,19,23)(H,20,22). The van der Waals surface area contributed by atoms with Crippen LogP contribution in [0.15, 0.2) is 42.6 Å². The second-order valence-electron chi connectivity index (χ2n) is 5.55. The van der Waals surface area contributed by atoms with Crippen molar-refractivity contribution in [3.63, 3.8) is 0 Å². The van der Waals surface area contributed by atoms with Crippen molar-refractivity contribution in [1.29, 1.82) is 0 Å². The summed E-state index contributed by atoms with van der Waals surface area (Å²) >= 11 is 0. The first-order valence-corrected chi connectivity index (χ1v) is 7.47. The van der Waals surface area contributed by atoms with Gasteiger partial charge in [-0.3, -0.25) is 14.7 Å². The first kappa shape index (κ1) is 14.3. The second-order valence-corrected chi connectivity index (χ2v) is 5.55. The second kappa shape index (κ2) is 5.38. The maximum Gasteiger partial charge on any atom is 0.265 e.